The van der Waals surface area contributed by atoms with Gasteiger partial charge in [-0.05, 0) is 31.4 Å². The van der Waals surface area contributed by atoms with Gasteiger partial charge in [0.05, 0.1) is 25.0 Å². The zero-order chi connectivity index (χ0) is 15.5. The molecule has 2 unspecified atom stereocenters. The van der Waals surface area contributed by atoms with Crippen LogP contribution in [-0.2, 0) is 4.74 Å². The third kappa shape index (κ3) is 7.65. The summed E-state index contributed by atoms with van der Waals surface area (Å²) in [6.45, 7) is 8.08. The quantitative estimate of drug-likeness (QED) is 0.620. The van der Waals surface area contributed by atoms with Crippen LogP contribution in [0.2, 0.25) is 0 Å². The summed E-state index contributed by atoms with van der Waals surface area (Å²) in [5.41, 5.74) is 0. The van der Waals surface area contributed by atoms with Gasteiger partial charge in [0, 0.05) is 13.2 Å². The van der Waals surface area contributed by atoms with Crippen LogP contribution in [0.15, 0.2) is 22.8 Å². The molecule has 1 aromatic rings. The van der Waals surface area contributed by atoms with E-state index in [0.29, 0.717) is 19.1 Å². The van der Waals surface area contributed by atoms with Gasteiger partial charge in [0.25, 0.3) is 0 Å². The third-order valence-corrected chi connectivity index (χ3v) is 3.84. The predicted octanol–water partition coefficient (Wildman–Crippen LogP) is 3.52. The summed E-state index contributed by atoms with van der Waals surface area (Å²) in [6, 6.07) is 3.90. The van der Waals surface area contributed by atoms with Crippen molar-refractivity contribution >= 4 is 0 Å². The highest BCUT2D eigenvalue weighted by atomic mass is 16.5. The van der Waals surface area contributed by atoms with Crippen LogP contribution < -0.4 is 5.32 Å². The standard InChI is InChI=1S/C17H31NO3/c1-4-6-8-15(5-2)12-20-13-16(19)11-18-14(3)17-9-7-10-21-17/h7,9-10,14-16,18-19H,4-6,8,11-13H2,1-3H3/t14-,15?,16?/m1/s1. The van der Waals surface area contributed by atoms with Gasteiger partial charge in [-0.1, -0.05) is 33.1 Å². The zero-order valence-electron chi connectivity index (χ0n) is 13.7. The van der Waals surface area contributed by atoms with Gasteiger partial charge in [-0.15, -0.1) is 0 Å². The fourth-order valence-electron chi connectivity index (χ4n) is 2.28. The van der Waals surface area contributed by atoms with Crippen LogP contribution in [0, 0.1) is 5.92 Å². The van der Waals surface area contributed by atoms with E-state index in [1.165, 1.54) is 19.3 Å². The van der Waals surface area contributed by atoms with Crippen molar-refractivity contribution in [2.45, 2.75) is 58.6 Å². The molecule has 4 nitrogen and oxygen atoms in total. The molecule has 2 N–H and O–H groups in total. The van der Waals surface area contributed by atoms with E-state index < -0.39 is 6.10 Å². The highest BCUT2D eigenvalue weighted by Gasteiger charge is 2.12. The molecule has 0 fully saturated rings. The van der Waals surface area contributed by atoms with Crippen LogP contribution in [0.3, 0.4) is 0 Å². The zero-order valence-corrected chi connectivity index (χ0v) is 13.7. The number of aliphatic hydroxyl groups excluding tert-OH is 1. The van der Waals surface area contributed by atoms with E-state index in [1.54, 1.807) is 6.26 Å². The minimum absolute atomic E-state index is 0.0996. The second kappa shape index (κ2) is 10.8. The van der Waals surface area contributed by atoms with Crippen LogP contribution in [0.4, 0.5) is 0 Å². The minimum Gasteiger partial charge on any atom is -0.468 e. The molecule has 0 radical (unpaired) electrons. The molecule has 1 rings (SSSR count). The highest BCUT2D eigenvalue weighted by molar-refractivity contribution is 5.02. The molecule has 0 aliphatic heterocycles. The maximum atomic E-state index is 9.94. The topological polar surface area (TPSA) is 54.6 Å². The van der Waals surface area contributed by atoms with E-state index in [1.807, 2.05) is 19.1 Å². The van der Waals surface area contributed by atoms with Gasteiger partial charge >= 0.3 is 0 Å². The van der Waals surface area contributed by atoms with Crippen molar-refractivity contribution in [2.75, 3.05) is 19.8 Å². The summed E-state index contributed by atoms with van der Waals surface area (Å²) in [4.78, 5) is 0. The Balaban J connectivity index is 2.11. The van der Waals surface area contributed by atoms with E-state index in [9.17, 15) is 5.11 Å². The fraction of sp³-hybridized carbons (Fsp3) is 0.765. The van der Waals surface area contributed by atoms with Crippen LogP contribution in [0.1, 0.15) is 58.3 Å². The van der Waals surface area contributed by atoms with Crippen molar-refractivity contribution < 1.29 is 14.3 Å². The molecule has 0 spiro atoms. The first-order valence-electron chi connectivity index (χ1n) is 8.19. The molecule has 0 saturated carbocycles. The number of ether oxygens (including phenoxy) is 1. The molecular formula is C17H31NO3. The van der Waals surface area contributed by atoms with E-state index in [0.717, 1.165) is 18.8 Å². The van der Waals surface area contributed by atoms with Gasteiger partial charge in [-0.3, -0.25) is 0 Å². The molecule has 0 aliphatic carbocycles. The molecule has 122 valence electrons. The SMILES string of the molecule is CCCCC(CC)COCC(O)CN[C@H](C)c1ccco1. The number of rotatable bonds is 12. The molecule has 0 amide bonds. The first kappa shape index (κ1) is 18.2. The van der Waals surface area contributed by atoms with Crippen LogP contribution in [-0.4, -0.2) is 31.0 Å². The molecule has 0 aliphatic rings. The van der Waals surface area contributed by atoms with Crippen molar-refractivity contribution in [2.24, 2.45) is 5.92 Å². The largest absolute Gasteiger partial charge is 0.468 e. The molecular weight excluding hydrogens is 266 g/mol. The first-order valence-corrected chi connectivity index (χ1v) is 8.19. The highest BCUT2D eigenvalue weighted by Crippen LogP contribution is 2.13. The summed E-state index contributed by atoms with van der Waals surface area (Å²) in [7, 11) is 0. The Labute approximate surface area is 128 Å². The third-order valence-electron chi connectivity index (χ3n) is 3.84. The van der Waals surface area contributed by atoms with Crippen molar-refractivity contribution in [3.8, 4) is 0 Å². The van der Waals surface area contributed by atoms with Gasteiger partial charge in [0.15, 0.2) is 0 Å². The lowest BCUT2D eigenvalue weighted by Gasteiger charge is -2.18. The Morgan fingerprint density at radius 1 is 1.33 bits per heavy atom. The fourth-order valence-corrected chi connectivity index (χ4v) is 2.28. The number of hydrogen-bond acceptors (Lipinski definition) is 4. The lowest BCUT2D eigenvalue weighted by molar-refractivity contribution is 0.0182. The first-order chi connectivity index (χ1) is 10.2. The Morgan fingerprint density at radius 3 is 2.76 bits per heavy atom. The molecule has 3 atom stereocenters. The van der Waals surface area contributed by atoms with Crippen molar-refractivity contribution in [3.63, 3.8) is 0 Å². The van der Waals surface area contributed by atoms with Crippen molar-refractivity contribution in [1.29, 1.82) is 0 Å². The molecule has 0 saturated heterocycles. The normalized spacial score (nSPS) is 15.8. The summed E-state index contributed by atoms with van der Waals surface area (Å²) in [5, 5.41) is 13.2. The van der Waals surface area contributed by atoms with Crippen LogP contribution in [0.25, 0.3) is 0 Å². The van der Waals surface area contributed by atoms with E-state index in [4.69, 9.17) is 9.15 Å². The predicted molar refractivity (Wildman–Crippen MR) is 85.3 cm³/mol. The van der Waals surface area contributed by atoms with Gasteiger partial charge in [-0.2, -0.15) is 0 Å². The summed E-state index contributed by atoms with van der Waals surface area (Å²) >= 11 is 0. The smallest absolute Gasteiger partial charge is 0.120 e. The molecule has 0 bridgehead atoms. The Bertz CT molecular complexity index is 340. The van der Waals surface area contributed by atoms with Gasteiger partial charge in [0.2, 0.25) is 0 Å². The Hall–Kier alpha value is -0.840. The van der Waals surface area contributed by atoms with E-state index in [-0.39, 0.29) is 6.04 Å². The maximum absolute atomic E-state index is 9.94. The second-order valence-electron chi connectivity index (χ2n) is 5.75. The van der Waals surface area contributed by atoms with Crippen LogP contribution >= 0.6 is 0 Å². The number of hydrogen-bond donors (Lipinski definition) is 2. The molecule has 0 aromatic carbocycles. The van der Waals surface area contributed by atoms with Crippen molar-refractivity contribution in [1.82, 2.24) is 5.32 Å². The molecule has 1 aromatic heterocycles. The van der Waals surface area contributed by atoms with Gasteiger partial charge in [-0.25, -0.2) is 0 Å². The number of nitrogens with one attached hydrogen (secondary N) is 1. The monoisotopic (exact) mass is 297 g/mol. The minimum atomic E-state index is -0.480. The van der Waals surface area contributed by atoms with Gasteiger partial charge < -0.3 is 19.6 Å². The summed E-state index contributed by atoms with van der Waals surface area (Å²) in [5.74, 6) is 1.50. The van der Waals surface area contributed by atoms with Crippen molar-refractivity contribution in [3.05, 3.63) is 24.2 Å². The Kier molecular flexibility index (Phi) is 9.39. The lowest BCUT2D eigenvalue weighted by Crippen LogP contribution is -2.32. The maximum Gasteiger partial charge on any atom is 0.120 e. The molecule has 21 heavy (non-hydrogen) atoms. The summed E-state index contributed by atoms with van der Waals surface area (Å²) < 4.78 is 11.0. The molecule has 4 heteroatoms. The molecule has 1 heterocycles. The van der Waals surface area contributed by atoms with E-state index in [2.05, 4.69) is 19.2 Å². The lowest BCUT2D eigenvalue weighted by atomic mass is 10.0. The van der Waals surface area contributed by atoms with E-state index >= 15 is 0 Å². The average Bonchev–Trinajstić information content (AvgIpc) is 3.02. The average molecular weight is 297 g/mol. The number of aliphatic hydroxyl groups is 1. The summed E-state index contributed by atoms with van der Waals surface area (Å²) in [6.07, 6.45) is 6.03. The second-order valence-corrected chi connectivity index (χ2v) is 5.75. The number of unbranched alkanes of at least 4 members (excludes halogenated alkanes) is 1. The van der Waals surface area contributed by atoms with Gasteiger partial charge in [0.1, 0.15) is 5.76 Å². The number of furan rings is 1. The Morgan fingerprint density at radius 2 is 2.14 bits per heavy atom. The van der Waals surface area contributed by atoms with Crippen LogP contribution in [0.5, 0.6) is 0 Å².